The van der Waals surface area contributed by atoms with Crippen molar-refractivity contribution in [1.29, 1.82) is 0 Å². The number of H-pyrrole nitrogens is 1. The van der Waals surface area contributed by atoms with Gasteiger partial charge in [-0.15, -0.1) is 0 Å². The molecule has 1 atom stereocenters. The molecule has 3 heterocycles. The summed E-state index contributed by atoms with van der Waals surface area (Å²) in [6.45, 7) is 3.33. The van der Waals surface area contributed by atoms with Gasteiger partial charge in [0.05, 0.1) is 17.6 Å². The molecule has 1 saturated carbocycles. The number of aryl methyl sites for hydroxylation is 1. The SMILES string of the molecule is CCCn1c(=O)[nH]c(=O)c2c(C(=O)NCC3COc4ccccc4C3)cc(C3CC3)nc21. The maximum atomic E-state index is 13.2. The standard InChI is InChI=1S/C24H26N4O4/c1-2-9-28-21-20(23(30)27-24(28)31)17(11-18(26-21)15-7-8-15)22(29)25-12-14-10-16-5-3-4-6-19(16)32-13-14/h3-6,11,14-15H,2,7-10,12-13H2,1H3,(H,25,29)(H,27,30,31). The lowest BCUT2D eigenvalue weighted by atomic mass is 9.96. The second-order valence-electron chi connectivity index (χ2n) is 8.68. The zero-order valence-electron chi connectivity index (χ0n) is 18.0. The normalized spacial score (nSPS) is 17.6. The Hall–Kier alpha value is -3.42. The van der Waals surface area contributed by atoms with Crippen LogP contribution in [0.4, 0.5) is 0 Å². The second-order valence-corrected chi connectivity index (χ2v) is 8.68. The van der Waals surface area contributed by atoms with Crippen LogP contribution in [0.2, 0.25) is 0 Å². The fourth-order valence-corrected chi connectivity index (χ4v) is 4.35. The van der Waals surface area contributed by atoms with E-state index < -0.39 is 11.2 Å². The quantitative estimate of drug-likeness (QED) is 0.620. The van der Waals surface area contributed by atoms with Gasteiger partial charge >= 0.3 is 5.69 Å². The summed E-state index contributed by atoms with van der Waals surface area (Å²) in [7, 11) is 0. The number of hydrogen-bond acceptors (Lipinski definition) is 5. The van der Waals surface area contributed by atoms with Crippen LogP contribution in [-0.2, 0) is 13.0 Å². The van der Waals surface area contributed by atoms with Gasteiger partial charge in [-0.1, -0.05) is 25.1 Å². The van der Waals surface area contributed by atoms with Crippen LogP contribution in [0.25, 0.3) is 11.0 Å². The highest BCUT2D eigenvalue weighted by Crippen LogP contribution is 2.40. The average Bonchev–Trinajstić information content (AvgIpc) is 3.65. The van der Waals surface area contributed by atoms with Crippen LogP contribution in [-0.4, -0.2) is 33.6 Å². The summed E-state index contributed by atoms with van der Waals surface area (Å²) in [5.74, 6) is 0.982. The van der Waals surface area contributed by atoms with Crippen LogP contribution in [0.1, 0.15) is 53.7 Å². The number of aromatic nitrogens is 3. The molecule has 2 N–H and O–H groups in total. The third-order valence-corrected chi connectivity index (χ3v) is 6.16. The van der Waals surface area contributed by atoms with E-state index in [1.165, 1.54) is 4.57 Å². The number of nitrogens with one attached hydrogen (secondary N) is 2. The lowest BCUT2D eigenvalue weighted by Gasteiger charge is -2.25. The summed E-state index contributed by atoms with van der Waals surface area (Å²) >= 11 is 0. The summed E-state index contributed by atoms with van der Waals surface area (Å²) in [6, 6.07) is 9.64. The van der Waals surface area contributed by atoms with Crippen molar-refractivity contribution in [2.24, 2.45) is 5.92 Å². The smallest absolute Gasteiger partial charge is 0.329 e. The van der Waals surface area contributed by atoms with Crippen molar-refractivity contribution in [3.63, 3.8) is 0 Å². The summed E-state index contributed by atoms with van der Waals surface area (Å²) in [6.07, 6.45) is 3.53. The summed E-state index contributed by atoms with van der Waals surface area (Å²) in [5.41, 5.74) is 1.41. The molecule has 32 heavy (non-hydrogen) atoms. The van der Waals surface area contributed by atoms with Crippen molar-refractivity contribution in [1.82, 2.24) is 19.9 Å². The predicted octanol–water partition coefficient (Wildman–Crippen LogP) is 2.35. The fraction of sp³-hybridized carbons (Fsp3) is 0.417. The van der Waals surface area contributed by atoms with E-state index in [0.717, 1.165) is 36.3 Å². The number of para-hydroxylation sites is 1. The Morgan fingerprint density at radius 3 is 2.88 bits per heavy atom. The van der Waals surface area contributed by atoms with E-state index in [9.17, 15) is 14.4 Å². The predicted molar refractivity (Wildman–Crippen MR) is 120 cm³/mol. The van der Waals surface area contributed by atoms with Crippen molar-refractivity contribution in [3.8, 4) is 5.75 Å². The molecule has 0 bridgehead atoms. The minimum absolute atomic E-state index is 0.140. The lowest BCUT2D eigenvalue weighted by molar-refractivity contribution is 0.0940. The minimum Gasteiger partial charge on any atom is -0.493 e. The van der Waals surface area contributed by atoms with E-state index in [-0.39, 0.29) is 28.7 Å². The van der Waals surface area contributed by atoms with Gasteiger partial charge in [-0.25, -0.2) is 9.78 Å². The Bertz CT molecular complexity index is 1310. The molecule has 3 aromatic rings. The molecule has 2 aliphatic rings. The van der Waals surface area contributed by atoms with Gasteiger partial charge in [0.2, 0.25) is 0 Å². The first-order chi connectivity index (χ1) is 15.5. The van der Waals surface area contributed by atoms with Crippen molar-refractivity contribution in [2.45, 2.75) is 45.1 Å². The van der Waals surface area contributed by atoms with Crippen molar-refractivity contribution in [2.75, 3.05) is 13.2 Å². The maximum Gasteiger partial charge on any atom is 0.329 e. The fourth-order valence-electron chi connectivity index (χ4n) is 4.35. The van der Waals surface area contributed by atoms with E-state index >= 15 is 0 Å². The van der Waals surface area contributed by atoms with Crippen molar-refractivity contribution in [3.05, 3.63) is 68.0 Å². The molecule has 0 spiro atoms. The van der Waals surface area contributed by atoms with Crippen LogP contribution < -0.4 is 21.3 Å². The molecule has 1 aliphatic heterocycles. The molecule has 1 aliphatic carbocycles. The Balaban J connectivity index is 1.46. The van der Waals surface area contributed by atoms with Gasteiger partial charge < -0.3 is 10.1 Å². The molecule has 8 nitrogen and oxygen atoms in total. The summed E-state index contributed by atoms with van der Waals surface area (Å²) in [4.78, 5) is 45.3. The minimum atomic E-state index is -0.577. The highest BCUT2D eigenvalue weighted by atomic mass is 16.5. The largest absolute Gasteiger partial charge is 0.493 e. The molecule has 1 aromatic carbocycles. The Morgan fingerprint density at radius 1 is 1.28 bits per heavy atom. The number of benzene rings is 1. The molecule has 1 amide bonds. The molecule has 2 aromatic heterocycles. The Labute approximate surface area is 184 Å². The molecule has 1 fully saturated rings. The van der Waals surface area contributed by atoms with Gasteiger partial charge in [-0.3, -0.25) is 19.1 Å². The number of rotatable bonds is 6. The number of pyridine rings is 1. The van der Waals surface area contributed by atoms with Gasteiger partial charge in [0.15, 0.2) is 5.65 Å². The molecule has 1 unspecified atom stereocenters. The zero-order chi connectivity index (χ0) is 22.2. The number of ether oxygens (including phenoxy) is 1. The van der Waals surface area contributed by atoms with E-state index in [4.69, 9.17) is 4.74 Å². The van der Waals surface area contributed by atoms with Gasteiger partial charge in [0.25, 0.3) is 11.5 Å². The van der Waals surface area contributed by atoms with Gasteiger partial charge in [-0.2, -0.15) is 0 Å². The molecular formula is C24H26N4O4. The molecular weight excluding hydrogens is 408 g/mol. The molecule has 0 saturated heterocycles. The number of aromatic amines is 1. The number of hydrogen-bond donors (Lipinski definition) is 2. The van der Waals surface area contributed by atoms with Crippen LogP contribution >= 0.6 is 0 Å². The van der Waals surface area contributed by atoms with E-state index in [0.29, 0.717) is 31.8 Å². The van der Waals surface area contributed by atoms with E-state index in [1.54, 1.807) is 6.07 Å². The number of carbonyl (C=O) groups is 1. The third-order valence-electron chi connectivity index (χ3n) is 6.16. The van der Waals surface area contributed by atoms with Crippen molar-refractivity contribution < 1.29 is 9.53 Å². The number of amides is 1. The van der Waals surface area contributed by atoms with Crippen molar-refractivity contribution >= 4 is 16.9 Å². The monoisotopic (exact) mass is 434 g/mol. The highest BCUT2D eigenvalue weighted by Gasteiger charge is 2.29. The van der Waals surface area contributed by atoms with Crippen LogP contribution in [0, 0.1) is 5.92 Å². The first-order valence-corrected chi connectivity index (χ1v) is 11.2. The highest BCUT2D eigenvalue weighted by molar-refractivity contribution is 6.05. The van der Waals surface area contributed by atoms with Gasteiger partial charge in [0, 0.05) is 30.6 Å². The lowest BCUT2D eigenvalue weighted by Crippen LogP contribution is -2.36. The second kappa shape index (κ2) is 8.26. The van der Waals surface area contributed by atoms with Crippen LogP contribution in [0.15, 0.2) is 39.9 Å². The van der Waals surface area contributed by atoms with Crippen LogP contribution in [0.5, 0.6) is 5.75 Å². The maximum absolute atomic E-state index is 13.2. The molecule has 0 radical (unpaired) electrons. The number of carbonyl (C=O) groups excluding carboxylic acids is 1. The molecule has 5 rings (SSSR count). The first kappa shape index (κ1) is 20.5. The Morgan fingerprint density at radius 2 is 2.09 bits per heavy atom. The topological polar surface area (TPSA) is 106 Å². The zero-order valence-corrected chi connectivity index (χ0v) is 18.0. The Kier molecular flexibility index (Phi) is 5.28. The third kappa shape index (κ3) is 3.81. The summed E-state index contributed by atoms with van der Waals surface area (Å²) in [5, 5.41) is 3.16. The van der Waals surface area contributed by atoms with Gasteiger partial charge in [0.1, 0.15) is 5.75 Å². The first-order valence-electron chi connectivity index (χ1n) is 11.2. The number of fused-ring (bicyclic) bond motifs is 2. The average molecular weight is 434 g/mol. The number of nitrogens with zero attached hydrogens (tertiary/aromatic N) is 2. The molecule has 166 valence electrons. The van der Waals surface area contributed by atoms with E-state index in [2.05, 4.69) is 15.3 Å². The van der Waals surface area contributed by atoms with Gasteiger partial charge in [-0.05, 0) is 43.4 Å². The molecule has 8 heteroatoms. The van der Waals surface area contributed by atoms with E-state index in [1.807, 2.05) is 31.2 Å². The summed E-state index contributed by atoms with van der Waals surface area (Å²) < 4.78 is 7.29. The van der Waals surface area contributed by atoms with Crippen LogP contribution in [0.3, 0.4) is 0 Å².